The van der Waals surface area contributed by atoms with Crippen LogP contribution >= 0.6 is 0 Å². The van der Waals surface area contributed by atoms with Crippen molar-refractivity contribution in [3.05, 3.63) is 47.5 Å². The number of hydrogen-bond donors (Lipinski definition) is 2. The number of rotatable bonds is 5. The Morgan fingerprint density at radius 2 is 2.39 bits per heavy atom. The van der Waals surface area contributed by atoms with Gasteiger partial charge in [-0.05, 0) is 43.4 Å². The molecule has 6 heteroatoms. The summed E-state index contributed by atoms with van der Waals surface area (Å²) in [7, 11) is 0. The molecule has 0 radical (unpaired) electrons. The lowest BCUT2D eigenvalue weighted by atomic mass is 9.90. The number of nitrogens with zero attached hydrogens (tertiary/aromatic N) is 2. The second kappa shape index (κ2) is 7.37. The van der Waals surface area contributed by atoms with Gasteiger partial charge in [-0.2, -0.15) is 5.10 Å². The Labute approximate surface area is 135 Å². The molecule has 0 bridgehead atoms. The van der Waals surface area contributed by atoms with E-state index in [2.05, 4.69) is 20.5 Å². The molecule has 2 N–H and O–H groups in total. The van der Waals surface area contributed by atoms with Crippen LogP contribution in [0, 0.1) is 12.8 Å². The minimum atomic E-state index is -0.204. The van der Waals surface area contributed by atoms with Crippen LogP contribution < -0.4 is 5.32 Å². The van der Waals surface area contributed by atoms with E-state index in [9.17, 15) is 4.79 Å². The summed E-state index contributed by atoms with van der Waals surface area (Å²) in [5.41, 5.74) is 3.31. The van der Waals surface area contributed by atoms with Gasteiger partial charge in [0.15, 0.2) is 0 Å². The molecule has 0 spiro atoms. The van der Waals surface area contributed by atoms with Crippen LogP contribution in [0.5, 0.6) is 0 Å². The largest absolute Gasteiger partial charge is 0.373 e. The predicted octanol–water partition coefficient (Wildman–Crippen LogP) is 1.94. The lowest BCUT2D eigenvalue weighted by Gasteiger charge is -2.30. The van der Waals surface area contributed by atoms with Crippen molar-refractivity contribution in [3.8, 4) is 0 Å². The minimum absolute atomic E-state index is 0.0580. The van der Waals surface area contributed by atoms with Crippen LogP contribution in [0.15, 0.2) is 30.9 Å². The lowest BCUT2D eigenvalue weighted by Crippen LogP contribution is -2.38. The fourth-order valence-corrected chi connectivity index (χ4v) is 3.03. The minimum Gasteiger partial charge on any atom is -0.373 e. The summed E-state index contributed by atoms with van der Waals surface area (Å²) in [6, 6.07) is 2.00. The highest BCUT2D eigenvalue weighted by Crippen LogP contribution is 2.33. The second-order valence-electron chi connectivity index (χ2n) is 5.91. The molecule has 6 nitrogen and oxygen atoms in total. The van der Waals surface area contributed by atoms with Gasteiger partial charge in [0.05, 0.1) is 18.2 Å². The first-order chi connectivity index (χ1) is 11.3. The maximum Gasteiger partial charge on any atom is 0.226 e. The molecule has 3 rings (SSSR count). The molecule has 1 aliphatic heterocycles. The Morgan fingerprint density at radius 3 is 3.17 bits per heavy atom. The van der Waals surface area contributed by atoms with Crippen LogP contribution in [-0.2, 0) is 16.0 Å². The Bertz CT molecular complexity index is 642. The van der Waals surface area contributed by atoms with Gasteiger partial charge in [0, 0.05) is 37.3 Å². The summed E-state index contributed by atoms with van der Waals surface area (Å²) in [4.78, 5) is 16.6. The van der Waals surface area contributed by atoms with Crippen LogP contribution in [0.4, 0.5) is 0 Å². The van der Waals surface area contributed by atoms with Gasteiger partial charge in [-0.3, -0.25) is 14.9 Å². The third kappa shape index (κ3) is 3.76. The summed E-state index contributed by atoms with van der Waals surface area (Å²) >= 11 is 0. The number of aromatic nitrogens is 3. The zero-order chi connectivity index (χ0) is 16.1. The van der Waals surface area contributed by atoms with Gasteiger partial charge in [0.1, 0.15) is 0 Å². The van der Waals surface area contributed by atoms with Crippen molar-refractivity contribution in [2.24, 2.45) is 5.92 Å². The highest BCUT2D eigenvalue weighted by Gasteiger charge is 2.33. The molecule has 2 aromatic heterocycles. The monoisotopic (exact) mass is 314 g/mol. The van der Waals surface area contributed by atoms with Crippen molar-refractivity contribution in [2.45, 2.75) is 32.3 Å². The number of aromatic amines is 1. The summed E-state index contributed by atoms with van der Waals surface area (Å²) in [6.07, 6.45) is 9.53. The first kappa shape index (κ1) is 15.7. The highest BCUT2D eigenvalue weighted by molar-refractivity contribution is 5.79. The third-order valence-electron chi connectivity index (χ3n) is 4.34. The standard InChI is InChI=1S/C17H22N4O2/c1-12-9-18-6-4-13(12)5-7-19-17(22)15-3-2-8-23-16(15)14-10-20-21-11-14/h4,6,9-11,15-16H,2-3,5,7-8H2,1H3,(H,19,22)(H,20,21)/t15-,16+/m1/s1. The molecule has 1 aliphatic rings. The van der Waals surface area contributed by atoms with E-state index in [4.69, 9.17) is 4.74 Å². The predicted molar refractivity (Wildman–Crippen MR) is 85.7 cm³/mol. The molecule has 1 fully saturated rings. The lowest BCUT2D eigenvalue weighted by molar-refractivity contribution is -0.134. The molecule has 23 heavy (non-hydrogen) atoms. The van der Waals surface area contributed by atoms with Crippen molar-refractivity contribution in [1.82, 2.24) is 20.5 Å². The van der Waals surface area contributed by atoms with Crippen molar-refractivity contribution >= 4 is 5.91 Å². The molecule has 122 valence electrons. The number of carbonyl (C=O) groups is 1. The molecular weight excluding hydrogens is 292 g/mol. The van der Waals surface area contributed by atoms with Gasteiger partial charge in [0.25, 0.3) is 0 Å². The van der Waals surface area contributed by atoms with E-state index in [-0.39, 0.29) is 17.9 Å². The third-order valence-corrected chi connectivity index (χ3v) is 4.34. The zero-order valence-corrected chi connectivity index (χ0v) is 13.3. The topological polar surface area (TPSA) is 79.9 Å². The number of nitrogens with one attached hydrogen (secondary N) is 2. The summed E-state index contributed by atoms with van der Waals surface area (Å²) < 4.78 is 5.81. The maximum absolute atomic E-state index is 12.5. The van der Waals surface area contributed by atoms with Gasteiger partial charge < -0.3 is 10.1 Å². The number of pyridine rings is 1. The van der Waals surface area contributed by atoms with E-state index < -0.39 is 0 Å². The number of amides is 1. The second-order valence-corrected chi connectivity index (χ2v) is 5.91. The van der Waals surface area contributed by atoms with Gasteiger partial charge in [0.2, 0.25) is 5.91 Å². The molecule has 1 amide bonds. The fourth-order valence-electron chi connectivity index (χ4n) is 3.03. The first-order valence-corrected chi connectivity index (χ1v) is 8.03. The molecule has 3 heterocycles. The van der Waals surface area contributed by atoms with E-state index in [1.807, 2.05) is 19.2 Å². The van der Waals surface area contributed by atoms with E-state index in [1.165, 1.54) is 5.56 Å². The Hall–Kier alpha value is -2.21. The average molecular weight is 314 g/mol. The number of H-pyrrole nitrogens is 1. The molecule has 0 unspecified atom stereocenters. The van der Waals surface area contributed by atoms with Crippen LogP contribution in [0.3, 0.4) is 0 Å². The van der Waals surface area contributed by atoms with Gasteiger partial charge in [-0.15, -0.1) is 0 Å². The number of aryl methyl sites for hydroxylation is 1. The molecule has 1 saturated heterocycles. The summed E-state index contributed by atoms with van der Waals surface area (Å²) in [5.74, 6) is -0.0949. The Kier molecular flexibility index (Phi) is 5.02. The summed E-state index contributed by atoms with van der Waals surface area (Å²) in [5, 5.41) is 9.80. The van der Waals surface area contributed by atoms with Crippen molar-refractivity contribution in [3.63, 3.8) is 0 Å². The van der Waals surface area contributed by atoms with Crippen molar-refractivity contribution in [1.29, 1.82) is 0 Å². The number of carbonyl (C=O) groups excluding carboxylic acids is 1. The van der Waals surface area contributed by atoms with E-state index in [0.717, 1.165) is 30.4 Å². The number of ether oxygens (including phenoxy) is 1. The molecule has 0 aromatic carbocycles. The SMILES string of the molecule is Cc1cnccc1CCNC(=O)[C@@H]1CCCO[C@H]1c1cn[nH]c1. The quantitative estimate of drug-likeness (QED) is 0.884. The Balaban J connectivity index is 1.57. The number of hydrogen-bond acceptors (Lipinski definition) is 4. The molecule has 0 aliphatic carbocycles. The molecular formula is C17H22N4O2. The fraction of sp³-hybridized carbons (Fsp3) is 0.471. The Morgan fingerprint density at radius 1 is 1.48 bits per heavy atom. The van der Waals surface area contributed by atoms with Crippen LogP contribution in [0.25, 0.3) is 0 Å². The van der Waals surface area contributed by atoms with Crippen molar-refractivity contribution in [2.75, 3.05) is 13.2 Å². The summed E-state index contributed by atoms with van der Waals surface area (Å²) in [6.45, 7) is 3.35. The molecule has 2 aromatic rings. The maximum atomic E-state index is 12.5. The van der Waals surface area contributed by atoms with Crippen molar-refractivity contribution < 1.29 is 9.53 Å². The van der Waals surface area contributed by atoms with E-state index >= 15 is 0 Å². The van der Waals surface area contributed by atoms with Crippen LogP contribution in [-0.4, -0.2) is 34.2 Å². The molecule has 0 saturated carbocycles. The first-order valence-electron chi connectivity index (χ1n) is 8.03. The smallest absolute Gasteiger partial charge is 0.226 e. The van der Waals surface area contributed by atoms with Gasteiger partial charge in [-0.25, -0.2) is 0 Å². The van der Waals surface area contributed by atoms with Crippen LogP contribution in [0.2, 0.25) is 0 Å². The highest BCUT2D eigenvalue weighted by atomic mass is 16.5. The average Bonchev–Trinajstić information content (AvgIpc) is 3.11. The van der Waals surface area contributed by atoms with Crippen LogP contribution in [0.1, 0.15) is 35.6 Å². The van der Waals surface area contributed by atoms with E-state index in [0.29, 0.717) is 13.2 Å². The zero-order valence-electron chi connectivity index (χ0n) is 13.3. The van der Waals surface area contributed by atoms with Gasteiger partial charge >= 0.3 is 0 Å². The molecule has 2 atom stereocenters. The normalized spacial score (nSPS) is 21.1. The van der Waals surface area contributed by atoms with E-state index in [1.54, 1.807) is 18.6 Å². The van der Waals surface area contributed by atoms with Gasteiger partial charge in [-0.1, -0.05) is 0 Å².